The Morgan fingerprint density at radius 3 is 2.89 bits per heavy atom. The highest BCUT2D eigenvalue weighted by Crippen LogP contribution is 2.30. The molecule has 1 aromatic rings. The van der Waals surface area contributed by atoms with Gasteiger partial charge in [0.2, 0.25) is 5.91 Å². The van der Waals surface area contributed by atoms with Gasteiger partial charge in [-0.1, -0.05) is 13.3 Å². The van der Waals surface area contributed by atoms with Crippen molar-refractivity contribution in [3.8, 4) is 0 Å². The third kappa shape index (κ3) is 2.53. The zero-order valence-electron chi connectivity index (χ0n) is 10.8. The molecular formula is C14H19FN2O. The van der Waals surface area contributed by atoms with Crippen LogP contribution in [0.3, 0.4) is 0 Å². The van der Waals surface area contributed by atoms with Gasteiger partial charge >= 0.3 is 0 Å². The van der Waals surface area contributed by atoms with E-state index in [1.807, 2.05) is 13.1 Å². The van der Waals surface area contributed by atoms with E-state index in [-0.39, 0.29) is 17.8 Å². The predicted molar refractivity (Wildman–Crippen MR) is 70.1 cm³/mol. The number of benzene rings is 1. The largest absolute Gasteiger partial charge is 0.326 e. The first kappa shape index (κ1) is 13.0. The normalized spacial score (nSPS) is 16.1. The molecule has 0 saturated carbocycles. The highest BCUT2D eigenvalue weighted by Gasteiger charge is 2.20. The lowest BCUT2D eigenvalue weighted by molar-refractivity contribution is -0.116. The fourth-order valence-corrected chi connectivity index (χ4v) is 2.43. The van der Waals surface area contributed by atoms with E-state index in [0.29, 0.717) is 24.1 Å². The Labute approximate surface area is 107 Å². The molecule has 1 amide bonds. The van der Waals surface area contributed by atoms with Crippen LogP contribution in [0, 0.1) is 5.82 Å². The molecule has 0 radical (unpaired) electrons. The molecule has 1 atom stereocenters. The van der Waals surface area contributed by atoms with Crippen LogP contribution in [0.4, 0.5) is 10.1 Å². The lowest BCUT2D eigenvalue weighted by Gasteiger charge is -2.22. The van der Waals surface area contributed by atoms with Crippen LogP contribution in [0.5, 0.6) is 0 Å². The van der Waals surface area contributed by atoms with Gasteiger partial charge in [0.25, 0.3) is 0 Å². The Morgan fingerprint density at radius 2 is 2.22 bits per heavy atom. The summed E-state index contributed by atoms with van der Waals surface area (Å²) >= 11 is 0. The second-order valence-corrected chi connectivity index (χ2v) is 4.71. The van der Waals surface area contributed by atoms with Crippen molar-refractivity contribution < 1.29 is 9.18 Å². The molecule has 1 aliphatic rings. The van der Waals surface area contributed by atoms with Crippen LogP contribution in [0.2, 0.25) is 0 Å². The molecule has 0 spiro atoms. The molecule has 1 aliphatic heterocycles. The van der Waals surface area contributed by atoms with E-state index in [4.69, 9.17) is 0 Å². The summed E-state index contributed by atoms with van der Waals surface area (Å²) in [4.78, 5) is 11.3. The van der Waals surface area contributed by atoms with Crippen molar-refractivity contribution in [1.29, 1.82) is 0 Å². The van der Waals surface area contributed by atoms with Gasteiger partial charge in [0, 0.05) is 23.7 Å². The van der Waals surface area contributed by atoms with Crippen LogP contribution < -0.4 is 10.6 Å². The van der Waals surface area contributed by atoms with Crippen LogP contribution >= 0.6 is 0 Å². The molecule has 0 aliphatic carbocycles. The van der Waals surface area contributed by atoms with Crippen molar-refractivity contribution in [2.45, 2.75) is 38.6 Å². The first-order valence-corrected chi connectivity index (χ1v) is 6.45. The van der Waals surface area contributed by atoms with E-state index in [9.17, 15) is 9.18 Å². The zero-order valence-corrected chi connectivity index (χ0v) is 10.8. The molecule has 0 aromatic heterocycles. The van der Waals surface area contributed by atoms with E-state index in [1.54, 1.807) is 0 Å². The standard InChI is InChI=1S/C14H19FN2O/c1-3-4-12(16-2)10-7-9-5-6-14(18)17-13(9)8-11(10)15/h7-8,12,16H,3-6H2,1-2H3,(H,17,18). The Hall–Kier alpha value is -1.42. The molecule has 0 bridgehead atoms. The summed E-state index contributed by atoms with van der Waals surface area (Å²) in [6.45, 7) is 2.08. The molecule has 0 saturated heterocycles. The zero-order chi connectivity index (χ0) is 13.1. The van der Waals surface area contributed by atoms with Gasteiger partial charge in [0.1, 0.15) is 5.82 Å². The number of hydrogen-bond acceptors (Lipinski definition) is 2. The highest BCUT2D eigenvalue weighted by atomic mass is 19.1. The molecule has 0 fully saturated rings. The lowest BCUT2D eigenvalue weighted by Crippen LogP contribution is -2.22. The van der Waals surface area contributed by atoms with Crippen molar-refractivity contribution >= 4 is 11.6 Å². The Balaban J connectivity index is 2.35. The highest BCUT2D eigenvalue weighted by molar-refractivity contribution is 5.93. The van der Waals surface area contributed by atoms with Gasteiger partial charge in [0.05, 0.1) is 0 Å². The Kier molecular flexibility index (Phi) is 3.97. The van der Waals surface area contributed by atoms with Gasteiger partial charge in [-0.3, -0.25) is 4.79 Å². The maximum Gasteiger partial charge on any atom is 0.224 e. The molecule has 3 nitrogen and oxygen atoms in total. The van der Waals surface area contributed by atoms with Crippen molar-refractivity contribution in [2.75, 3.05) is 12.4 Å². The van der Waals surface area contributed by atoms with Gasteiger partial charge in [-0.15, -0.1) is 0 Å². The Morgan fingerprint density at radius 1 is 1.44 bits per heavy atom. The first-order valence-electron chi connectivity index (χ1n) is 6.45. The van der Waals surface area contributed by atoms with E-state index in [0.717, 1.165) is 18.4 Å². The maximum absolute atomic E-state index is 14.1. The number of aryl methyl sites for hydroxylation is 1. The van der Waals surface area contributed by atoms with Crippen molar-refractivity contribution in [3.05, 3.63) is 29.1 Å². The van der Waals surface area contributed by atoms with Crippen molar-refractivity contribution in [2.24, 2.45) is 0 Å². The van der Waals surface area contributed by atoms with Crippen molar-refractivity contribution in [3.63, 3.8) is 0 Å². The molecule has 2 rings (SSSR count). The molecule has 1 aromatic carbocycles. The molecule has 2 N–H and O–H groups in total. The minimum atomic E-state index is -0.247. The smallest absolute Gasteiger partial charge is 0.224 e. The van der Waals surface area contributed by atoms with Gasteiger partial charge in [-0.25, -0.2) is 4.39 Å². The van der Waals surface area contributed by atoms with Crippen LogP contribution in [-0.4, -0.2) is 13.0 Å². The summed E-state index contributed by atoms with van der Waals surface area (Å²) in [5, 5.41) is 5.87. The summed E-state index contributed by atoms with van der Waals surface area (Å²) in [5.74, 6) is -0.280. The second-order valence-electron chi connectivity index (χ2n) is 4.71. The molecule has 1 heterocycles. The number of nitrogens with one attached hydrogen (secondary N) is 2. The number of carbonyl (C=O) groups excluding carboxylic acids is 1. The van der Waals surface area contributed by atoms with E-state index in [1.165, 1.54) is 6.07 Å². The SMILES string of the molecule is CCCC(NC)c1cc2c(cc1F)NC(=O)CC2. The van der Waals surface area contributed by atoms with Crippen molar-refractivity contribution in [1.82, 2.24) is 5.32 Å². The van der Waals surface area contributed by atoms with E-state index < -0.39 is 0 Å². The van der Waals surface area contributed by atoms with Crippen LogP contribution in [-0.2, 0) is 11.2 Å². The molecular weight excluding hydrogens is 231 g/mol. The number of rotatable bonds is 4. The minimum absolute atomic E-state index is 0.0339. The summed E-state index contributed by atoms with van der Waals surface area (Å²) in [6, 6.07) is 3.38. The van der Waals surface area contributed by atoms with Gasteiger partial charge in [-0.05, 0) is 37.6 Å². The maximum atomic E-state index is 14.1. The Bertz CT molecular complexity index is 459. The average Bonchev–Trinajstić information content (AvgIpc) is 2.35. The third-order valence-corrected chi connectivity index (χ3v) is 3.42. The second kappa shape index (κ2) is 5.48. The fraction of sp³-hybridized carbons (Fsp3) is 0.500. The van der Waals surface area contributed by atoms with Crippen LogP contribution in [0.25, 0.3) is 0 Å². The molecule has 18 heavy (non-hydrogen) atoms. The number of amides is 1. The number of fused-ring (bicyclic) bond motifs is 1. The quantitative estimate of drug-likeness (QED) is 0.862. The van der Waals surface area contributed by atoms with Crippen LogP contribution in [0.1, 0.15) is 43.4 Å². The number of halogens is 1. The molecule has 1 unspecified atom stereocenters. The van der Waals surface area contributed by atoms with Gasteiger partial charge in [-0.2, -0.15) is 0 Å². The summed E-state index contributed by atoms with van der Waals surface area (Å²) in [7, 11) is 1.85. The van der Waals surface area contributed by atoms with Gasteiger partial charge in [0.15, 0.2) is 0 Å². The first-order chi connectivity index (χ1) is 8.65. The summed E-state index contributed by atoms with van der Waals surface area (Å²) < 4.78 is 14.1. The topological polar surface area (TPSA) is 41.1 Å². The minimum Gasteiger partial charge on any atom is -0.326 e. The number of carbonyl (C=O) groups is 1. The number of anilines is 1. The predicted octanol–water partition coefficient (Wildman–Crippen LogP) is 2.77. The third-order valence-electron chi connectivity index (χ3n) is 3.42. The van der Waals surface area contributed by atoms with E-state index >= 15 is 0 Å². The molecule has 4 heteroatoms. The van der Waals surface area contributed by atoms with E-state index in [2.05, 4.69) is 17.6 Å². The monoisotopic (exact) mass is 250 g/mol. The fourth-order valence-electron chi connectivity index (χ4n) is 2.43. The lowest BCUT2D eigenvalue weighted by atomic mass is 9.95. The van der Waals surface area contributed by atoms with Gasteiger partial charge < -0.3 is 10.6 Å². The summed E-state index contributed by atoms with van der Waals surface area (Å²) in [6.07, 6.45) is 3.07. The molecule has 98 valence electrons. The number of hydrogen-bond donors (Lipinski definition) is 2. The summed E-state index contributed by atoms with van der Waals surface area (Å²) in [5.41, 5.74) is 2.36. The van der Waals surface area contributed by atoms with Crippen LogP contribution in [0.15, 0.2) is 12.1 Å². The average molecular weight is 250 g/mol.